The molecule has 4 aliphatic rings. The zero-order chi connectivity index (χ0) is 20.6. The molecule has 166 valence electrons. The molecule has 1 aromatic rings. The first-order valence-electron chi connectivity index (χ1n) is 12.2. The number of aryl methyl sites for hydroxylation is 1. The van der Waals surface area contributed by atoms with Gasteiger partial charge in [0.05, 0.1) is 10.9 Å². The van der Waals surface area contributed by atoms with E-state index in [4.69, 9.17) is 0 Å². The first kappa shape index (κ1) is 20.8. The van der Waals surface area contributed by atoms with E-state index in [2.05, 4.69) is 28.8 Å². The molecule has 6 heteroatoms. The van der Waals surface area contributed by atoms with Crippen molar-refractivity contribution in [3.63, 3.8) is 0 Å². The van der Waals surface area contributed by atoms with E-state index in [0.29, 0.717) is 18.5 Å². The van der Waals surface area contributed by atoms with E-state index in [1.807, 2.05) is 0 Å². The quantitative estimate of drug-likeness (QED) is 0.723. The van der Waals surface area contributed by atoms with Crippen molar-refractivity contribution in [2.24, 2.45) is 5.92 Å². The topological polar surface area (TPSA) is 61.4 Å². The summed E-state index contributed by atoms with van der Waals surface area (Å²) in [6, 6.07) is 7.22. The van der Waals surface area contributed by atoms with Crippen LogP contribution in [0.15, 0.2) is 18.2 Å². The molecule has 5 rings (SSSR count). The second-order valence-corrected chi connectivity index (χ2v) is 12.1. The number of nitrogens with one attached hydrogen (secondary N) is 2. The number of rotatable bonds is 6. The summed E-state index contributed by atoms with van der Waals surface area (Å²) >= 11 is 0. The van der Waals surface area contributed by atoms with Crippen molar-refractivity contribution in [2.45, 2.75) is 81.4 Å². The van der Waals surface area contributed by atoms with Gasteiger partial charge in [0.15, 0.2) is 0 Å². The van der Waals surface area contributed by atoms with Gasteiger partial charge >= 0.3 is 0 Å². The Bertz CT molecular complexity index is 844. The van der Waals surface area contributed by atoms with Crippen LogP contribution in [0.2, 0.25) is 0 Å². The molecule has 2 aliphatic carbocycles. The average molecular weight is 432 g/mol. The maximum atomic E-state index is 13.3. The summed E-state index contributed by atoms with van der Waals surface area (Å²) in [5.74, 6) is 1.41. The third kappa shape index (κ3) is 4.28. The summed E-state index contributed by atoms with van der Waals surface area (Å²) in [6.45, 7) is 4.10. The van der Waals surface area contributed by atoms with Crippen LogP contribution in [0.4, 0.5) is 5.69 Å². The van der Waals surface area contributed by atoms with E-state index in [1.54, 1.807) is 4.31 Å². The molecular weight excluding hydrogens is 394 g/mol. The lowest BCUT2D eigenvalue weighted by Gasteiger charge is -2.35. The fourth-order valence-corrected chi connectivity index (χ4v) is 7.94. The molecular formula is C24H37N3O2S. The van der Waals surface area contributed by atoms with Crippen molar-refractivity contribution in [1.82, 2.24) is 10.6 Å². The summed E-state index contributed by atoms with van der Waals surface area (Å²) in [7, 11) is -3.23. The maximum absolute atomic E-state index is 13.3. The van der Waals surface area contributed by atoms with Crippen molar-refractivity contribution in [3.05, 3.63) is 29.3 Å². The first-order chi connectivity index (χ1) is 14.6. The van der Waals surface area contributed by atoms with Gasteiger partial charge < -0.3 is 10.6 Å². The maximum Gasteiger partial charge on any atom is 0.238 e. The number of benzene rings is 1. The average Bonchev–Trinajstić information content (AvgIpc) is 3.58. The Morgan fingerprint density at radius 3 is 2.63 bits per heavy atom. The minimum atomic E-state index is -3.23. The van der Waals surface area contributed by atoms with Crippen LogP contribution in [-0.2, 0) is 16.4 Å². The lowest BCUT2D eigenvalue weighted by atomic mass is 9.97. The number of sulfonamides is 1. The Labute approximate surface area is 182 Å². The Kier molecular flexibility index (Phi) is 6.09. The van der Waals surface area contributed by atoms with Crippen molar-refractivity contribution >= 4 is 15.7 Å². The van der Waals surface area contributed by atoms with Crippen LogP contribution in [0.3, 0.4) is 0 Å². The van der Waals surface area contributed by atoms with Gasteiger partial charge in [0, 0.05) is 18.5 Å². The Hall–Kier alpha value is -1.11. The van der Waals surface area contributed by atoms with Crippen LogP contribution in [0.1, 0.15) is 74.8 Å². The molecule has 0 spiro atoms. The Morgan fingerprint density at radius 2 is 1.83 bits per heavy atom. The zero-order valence-corrected chi connectivity index (χ0v) is 18.9. The number of hydrogen-bond donors (Lipinski definition) is 2. The van der Waals surface area contributed by atoms with Gasteiger partial charge in [-0.1, -0.05) is 31.4 Å². The summed E-state index contributed by atoms with van der Waals surface area (Å²) in [5, 5.41) is 7.06. The van der Waals surface area contributed by atoms with E-state index in [9.17, 15) is 8.42 Å². The van der Waals surface area contributed by atoms with Crippen LogP contribution in [0.5, 0.6) is 0 Å². The largest absolute Gasteiger partial charge is 0.317 e. The predicted molar refractivity (Wildman–Crippen MR) is 123 cm³/mol. The van der Waals surface area contributed by atoms with Gasteiger partial charge in [-0.2, -0.15) is 0 Å². The second kappa shape index (κ2) is 8.79. The third-order valence-corrected chi connectivity index (χ3v) is 10.1. The van der Waals surface area contributed by atoms with Gasteiger partial charge in [-0.05, 0) is 87.7 Å². The monoisotopic (exact) mass is 431 g/mol. The first-order valence-corrected chi connectivity index (χ1v) is 13.7. The van der Waals surface area contributed by atoms with Crippen molar-refractivity contribution < 1.29 is 8.42 Å². The molecule has 2 heterocycles. The van der Waals surface area contributed by atoms with Crippen molar-refractivity contribution in [2.75, 3.05) is 30.5 Å². The zero-order valence-electron chi connectivity index (χ0n) is 18.1. The van der Waals surface area contributed by atoms with E-state index >= 15 is 0 Å². The molecule has 0 aromatic heterocycles. The van der Waals surface area contributed by atoms with Crippen LogP contribution in [0.25, 0.3) is 0 Å². The summed E-state index contributed by atoms with van der Waals surface area (Å²) < 4.78 is 28.4. The molecule has 2 saturated carbocycles. The molecule has 5 nitrogen and oxygen atoms in total. The van der Waals surface area contributed by atoms with Gasteiger partial charge in [0.1, 0.15) is 0 Å². The summed E-state index contributed by atoms with van der Waals surface area (Å²) in [4.78, 5) is 0. The van der Waals surface area contributed by atoms with Crippen molar-refractivity contribution in [1.29, 1.82) is 0 Å². The molecule has 0 amide bonds. The Balaban J connectivity index is 1.25. The molecule has 2 unspecified atom stereocenters. The molecule has 1 aromatic carbocycles. The van der Waals surface area contributed by atoms with E-state index < -0.39 is 10.0 Å². The highest BCUT2D eigenvalue weighted by atomic mass is 32.2. The molecule has 1 saturated heterocycles. The number of nitrogens with zero attached hydrogens (tertiary/aromatic N) is 1. The van der Waals surface area contributed by atoms with Crippen molar-refractivity contribution in [3.8, 4) is 0 Å². The van der Waals surface area contributed by atoms with Gasteiger partial charge in [-0.15, -0.1) is 0 Å². The number of anilines is 1. The second-order valence-electron chi connectivity index (χ2n) is 9.92. The highest BCUT2D eigenvalue weighted by molar-refractivity contribution is 7.93. The Morgan fingerprint density at radius 1 is 1.03 bits per heavy atom. The smallest absolute Gasteiger partial charge is 0.238 e. The van der Waals surface area contributed by atoms with E-state index in [0.717, 1.165) is 69.8 Å². The summed E-state index contributed by atoms with van der Waals surface area (Å²) in [5.41, 5.74) is 3.59. The highest BCUT2D eigenvalue weighted by Crippen LogP contribution is 2.43. The van der Waals surface area contributed by atoms with Crippen LogP contribution >= 0.6 is 0 Å². The van der Waals surface area contributed by atoms with E-state index in [-0.39, 0.29) is 5.25 Å². The minimum absolute atomic E-state index is 0.177. The predicted octanol–water partition coefficient (Wildman–Crippen LogP) is 3.55. The molecule has 0 radical (unpaired) electrons. The van der Waals surface area contributed by atoms with Crippen LogP contribution in [-0.4, -0.2) is 45.9 Å². The number of hydrogen-bond acceptors (Lipinski definition) is 4. The number of fused-ring (bicyclic) bond motifs is 1. The molecule has 2 atom stereocenters. The van der Waals surface area contributed by atoms with Gasteiger partial charge in [0.25, 0.3) is 0 Å². The fraction of sp³-hybridized carbons (Fsp3) is 0.750. The standard InChI is InChI=1S/C24H37N3O2S/c28-30(29,21-6-2-1-3-7-21)27-14-4-5-20-15-19(8-9-24(20)27)22-16-23(22)26-17-18-10-12-25-13-11-18/h8-9,15,18,21-23,25-26H,1-7,10-14,16-17H2. The molecule has 3 fully saturated rings. The normalized spacial score (nSPS) is 28.3. The van der Waals surface area contributed by atoms with Gasteiger partial charge in [-0.3, -0.25) is 4.31 Å². The van der Waals surface area contributed by atoms with E-state index in [1.165, 1.54) is 36.8 Å². The van der Waals surface area contributed by atoms with Gasteiger partial charge in [-0.25, -0.2) is 8.42 Å². The molecule has 2 N–H and O–H groups in total. The van der Waals surface area contributed by atoms with Crippen LogP contribution < -0.4 is 14.9 Å². The fourth-order valence-electron chi connectivity index (χ4n) is 5.81. The highest BCUT2D eigenvalue weighted by Gasteiger charge is 2.40. The van der Waals surface area contributed by atoms with Gasteiger partial charge in [0.2, 0.25) is 10.0 Å². The number of piperidine rings is 1. The lowest BCUT2D eigenvalue weighted by molar-refractivity contribution is 0.355. The lowest BCUT2D eigenvalue weighted by Crippen LogP contribution is -2.42. The SMILES string of the molecule is O=S(=O)(C1CCCCC1)N1CCCc2cc(C3CC3NCC3CCNCC3)ccc21. The summed E-state index contributed by atoms with van der Waals surface area (Å²) in [6.07, 6.45) is 10.7. The molecule has 30 heavy (non-hydrogen) atoms. The minimum Gasteiger partial charge on any atom is -0.317 e. The molecule has 2 aliphatic heterocycles. The third-order valence-electron chi connectivity index (χ3n) is 7.81. The molecule has 0 bridgehead atoms. The van der Waals surface area contributed by atoms with Crippen LogP contribution in [0, 0.1) is 5.92 Å².